The summed E-state index contributed by atoms with van der Waals surface area (Å²) in [6.07, 6.45) is 4.88. The number of aliphatic hydroxyl groups is 1. The van der Waals surface area contributed by atoms with Gasteiger partial charge in [-0.2, -0.15) is 5.26 Å². The minimum absolute atomic E-state index is 0.0619. The quantitative estimate of drug-likeness (QED) is 0.691. The van der Waals surface area contributed by atoms with Gasteiger partial charge >= 0.3 is 0 Å². The highest BCUT2D eigenvalue weighted by atomic mass is 79.9. The zero-order chi connectivity index (χ0) is 20.5. The Hall–Kier alpha value is -1.71. The predicted octanol–water partition coefficient (Wildman–Crippen LogP) is 4.62. The molecule has 5 heteroatoms. The van der Waals surface area contributed by atoms with Gasteiger partial charge in [0.1, 0.15) is 5.54 Å². The van der Waals surface area contributed by atoms with E-state index in [1.807, 2.05) is 30.3 Å². The molecule has 0 radical (unpaired) electrons. The Bertz CT molecular complexity index is 903. The van der Waals surface area contributed by atoms with Gasteiger partial charge in [0.05, 0.1) is 24.8 Å². The number of benzene rings is 2. The van der Waals surface area contributed by atoms with Crippen molar-refractivity contribution >= 4 is 15.9 Å². The van der Waals surface area contributed by atoms with Crippen LogP contribution in [-0.2, 0) is 16.7 Å². The van der Waals surface area contributed by atoms with E-state index in [1.54, 1.807) is 7.11 Å². The normalized spacial score (nSPS) is 29.4. The minimum atomic E-state index is -0.853. The number of hydrogen-bond donors (Lipinski definition) is 2. The van der Waals surface area contributed by atoms with Crippen molar-refractivity contribution in [1.82, 2.24) is 5.32 Å². The van der Waals surface area contributed by atoms with Crippen molar-refractivity contribution in [1.29, 1.82) is 5.26 Å². The third kappa shape index (κ3) is 3.43. The van der Waals surface area contributed by atoms with Crippen LogP contribution in [0.4, 0.5) is 0 Å². The van der Waals surface area contributed by atoms with Crippen molar-refractivity contribution < 1.29 is 9.84 Å². The number of methoxy groups -OCH3 is 1. The van der Waals surface area contributed by atoms with E-state index in [4.69, 9.17) is 4.74 Å². The predicted molar refractivity (Wildman–Crippen MR) is 116 cm³/mol. The van der Waals surface area contributed by atoms with Gasteiger partial charge in [-0.3, -0.25) is 5.32 Å². The van der Waals surface area contributed by atoms with E-state index in [1.165, 1.54) is 5.56 Å². The van der Waals surface area contributed by atoms with Gasteiger partial charge in [-0.1, -0.05) is 52.3 Å². The number of ether oxygens (including phenoxy) is 1. The highest BCUT2D eigenvalue weighted by Crippen LogP contribution is 2.58. The van der Waals surface area contributed by atoms with E-state index >= 15 is 0 Å². The van der Waals surface area contributed by atoms with Crippen molar-refractivity contribution in [2.45, 2.75) is 49.8 Å². The molecule has 2 aliphatic rings. The van der Waals surface area contributed by atoms with Crippen LogP contribution in [0.5, 0.6) is 0 Å². The summed E-state index contributed by atoms with van der Waals surface area (Å²) in [6, 6.07) is 18.6. The summed E-state index contributed by atoms with van der Waals surface area (Å²) < 4.78 is 6.59. The molecule has 2 N–H and O–H groups in total. The van der Waals surface area contributed by atoms with Gasteiger partial charge in [-0.15, -0.1) is 0 Å². The smallest absolute Gasteiger partial charge is 0.139 e. The van der Waals surface area contributed by atoms with Crippen LogP contribution in [0.3, 0.4) is 0 Å². The lowest BCUT2D eigenvalue weighted by atomic mass is 9.61. The summed E-state index contributed by atoms with van der Waals surface area (Å²) in [5, 5.41) is 24.5. The van der Waals surface area contributed by atoms with E-state index in [2.05, 4.69) is 45.5 Å². The first-order valence-corrected chi connectivity index (χ1v) is 11.0. The average Bonchev–Trinajstić information content (AvgIpc) is 3.02. The molecule has 4 rings (SSSR count). The highest BCUT2D eigenvalue weighted by molar-refractivity contribution is 9.10. The molecule has 2 atom stereocenters. The van der Waals surface area contributed by atoms with Crippen molar-refractivity contribution in [2.75, 3.05) is 13.7 Å². The Morgan fingerprint density at radius 2 is 1.97 bits per heavy atom. The molecule has 0 bridgehead atoms. The second-order valence-electron chi connectivity index (χ2n) is 8.35. The fourth-order valence-electron chi connectivity index (χ4n) is 5.39. The second-order valence-corrected chi connectivity index (χ2v) is 9.26. The number of nitrogens with zero attached hydrogens (tertiary/aromatic N) is 1. The van der Waals surface area contributed by atoms with E-state index in [0.29, 0.717) is 0 Å². The number of aliphatic hydroxyl groups excluding tert-OH is 1. The van der Waals surface area contributed by atoms with Crippen molar-refractivity contribution in [3.63, 3.8) is 0 Å². The Balaban J connectivity index is 1.80. The summed E-state index contributed by atoms with van der Waals surface area (Å²) in [5.41, 5.74) is 2.20. The molecule has 2 aliphatic carbocycles. The van der Waals surface area contributed by atoms with Gasteiger partial charge < -0.3 is 9.84 Å². The van der Waals surface area contributed by atoms with E-state index in [-0.39, 0.29) is 24.2 Å². The Labute approximate surface area is 181 Å². The lowest BCUT2D eigenvalue weighted by Gasteiger charge is -2.48. The lowest BCUT2D eigenvalue weighted by molar-refractivity contribution is -0.00491. The van der Waals surface area contributed by atoms with Crippen LogP contribution in [0.2, 0.25) is 0 Å². The lowest BCUT2D eigenvalue weighted by Crippen LogP contribution is -2.55. The maximum absolute atomic E-state index is 10.6. The monoisotopic (exact) mass is 454 g/mol. The number of halogens is 1. The molecule has 1 fully saturated rings. The average molecular weight is 455 g/mol. The van der Waals surface area contributed by atoms with Gasteiger partial charge in [0, 0.05) is 17.0 Å². The van der Waals surface area contributed by atoms with Gasteiger partial charge in [-0.25, -0.2) is 0 Å². The molecule has 2 aromatic rings. The minimum Gasteiger partial charge on any atom is -0.394 e. The van der Waals surface area contributed by atoms with E-state index in [0.717, 1.165) is 47.7 Å². The Morgan fingerprint density at radius 1 is 1.24 bits per heavy atom. The van der Waals surface area contributed by atoms with Gasteiger partial charge in [0.25, 0.3) is 0 Å². The van der Waals surface area contributed by atoms with Crippen molar-refractivity contribution in [3.05, 3.63) is 69.7 Å². The number of fused-ring (bicyclic) bond motifs is 1. The van der Waals surface area contributed by atoms with E-state index < -0.39 is 5.54 Å². The molecule has 2 unspecified atom stereocenters. The van der Waals surface area contributed by atoms with Crippen LogP contribution in [0.15, 0.2) is 53.0 Å². The topological polar surface area (TPSA) is 65.3 Å². The SMILES string of the molecule is COC1CCC2(CC1)Cc1ccc(Br)cc1C2(C#N)NC(CO)c1ccccc1. The Kier molecular flexibility index (Phi) is 5.81. The zero-order valence-electron chi connectivity index (χ0n) is 16.7. The first-order chi connectivity index (χ1) is 14.1. The summed E-state index contributed by atoms with van der Waals surface area (Å²) in [5.74, 6) is 0. The fourth-order valence-corrected chi connectivity index (χ4v) is 5.75. The summed E-state index contributed by atoms with van der Waals surface area (Å²) in [6.45, 7) is -0.0619. The van der Waals surface area contributed by atoms with Gasteiger partial charge in [0.15, 0.2) is 0 Å². The molecule has 152 valence electrons. The molecule has 1 spiro atoms. The fraction of sp³-hybridized carbons (Fsp3) is 0.458. The summed E-state index contributed by atoms with van der Waals surface area (Å²) in [4.78, 5) is 0. The first kappa shape index (κ1) is 20.6. The molecule has 29 heavy (non-hydrogen) atoms. The third-order valence-electron chi connectivity index (χ3n) is 6.97. The molecule has 0 saturated heterocycles. The summed E-state index contributed by atoms with van der Waals surface area (Å²) in [7, 11) is 1.77. The molecule has 0 aromatic heterocycles. The largest absolute Gasteiger partial charge is 0.394 e. The molecular formula is C24H27BrN2O2. The zero-order valence-corrected chi connectivity index (χ0v) is 18.3. The van der Waals surface area contributed by atoms with Crippen LogP contribution < -0.4 is 5.32 Å². The van der Waals surface area contributed by atoms with Crippen LogP contribution in [0.1, 0.15) is 48.4 Å². The maximum atomic E-state index is 10.6. The van der Waals surface area contributed by atoms with Gasteiger partial charge in [0.2, 0.25) is 0 Å². The number of nitriles is 1. The molecule has 1 saturated carbocycles. The van der Waals surface area contributed by atoms with Crippen LogP contribution >= 0.6 is 15.9 Å². The Morgan fingerprint density at radius 3 is 2.59 bits per heavy atom. The second kappa shape index (κ2) is 8.20. The molecule has 0 heterocycles. The standard InChI is InChI=1S/C24H27BrN2O2/c1-29-20-9-11-23(12-10-20)14-18-7-8-19(25)13-21(18)24(23,16-26)27-22(15-28)17-5-3-2-4-6-17/h2-8,13,20,22,27-28H,9-12,14-15H2,1H3. The van der Waals surface area contributed by atoms with Crippen LogP contribution in [0.25, 0.3) is 0 Å². The third-order valence-corrected chi connectivity index (χ3v) is 7.46. The summed E-state index contributed by atoms with van der Waals surface area (Å²) >= 11 is 3.60. The maximum Gasteiger partial charge on any atom is 0.139 e. The molecule has 2 aromatic carbocycles. The van der Waals surface area contributed by atoms with Crippen LogP contribution in [-0.4, -0.2) is 24.9 Å². The number of nitrogens with one attached hydrogen (secondary N) is 1. The van der Waals surface area contributed by atoms with E-state index in [9.17, 15) is 10.4 Å². The molecule has 0 amide bonds. The molecule has 4 nitrogen and oxygen atoms in total. The van der Waals surface area contributed by atoms with Crippen molar-refractivity contribution in [2.24, 2.45) is 5.41 Å². The molecular weight excluding hydrogens is 428 g/mol. The number of hydrogen-bond acceptors (Lipinski definition) is 4. The number of rotatable bonds is 5. The molecule has 0 aliphatic heterocycles. The first-order valence-electron chi connectivity index (χ1n) is 10.2. The van der Waals surface area contributed by atoms with Gasteiger partial charge in [-0.05, 0) is 60.9 Å². The highest BCUT2D eigenvalue weighted by Gasteiger charge is 2.59. The van der Waals surface area contributed by atoms with Crippen LogP contribution in [0, 0.1) is 16.7 Å². The van der Waals surface area contributed by atoms with Crippen molar-refractivity contribution in [3.8, 4) is 6.07 Å².